The van der Waals surface area contributed by atoms with Crippen molar-refractivity contribution >= 4 is 23.2 Å². The molecule has 3 aromatic rings. The lowest BCUT2D eigenvalue weighted by atomic mass is 10.1. The molecule has 2 N–H and O–H groups in total. The molecule has 5 nitrogen and oxygen atoms in total. The second-order valence-electron chi connectivity index (χ2n) is 5.84. The summed E-state index contributed by atoms with van der Waals surface area (Å²) in [6.07, 6.45) is 0. The van der Waals surface area contributed by atoms with Crippen LogP contribution >= 0.6 is 0 Å². The van der Waals surface area contributed by atoms with Gasteiger partial charge in [0.1, 0.15) is 5.75 Å². The summed E-state index contributed by atoms with van der Waals surface area (Å²) in [5.74, 6) is -2.21. The Hall–Kier alpha value is -3.74. The molecular weight excluding hydrogens is 366 g/mol. The maximum atomic E-state index is 13.2. The topological polar surface area (TPSA) is 67.4 Å². The van der Waals surface area contributed by atoms with Crippen LogP contribution < -0.4 is 15.4 Å². The van der Waals surface area contributed by atoms with Gasteiger partial charge in [-0.3, -0.25) is 9.59 Å². The Labute approximate surface area is 160 Å². The molecule has 3 rings (SSSR count). The molecule has 0 aromatic heterocycles. The Balaban J connectivity index is 1.65. The van der Waals surface area contributed by atoms with Crippen LogP contribution in [-0.4, -0.2) is 18.9 Å². The van der Waals surface area contributed by atoms with Gasteiger partial charge in [-0.05, 0) is 60.7 Å². The lowest BCUT2D eigenvalue weighted by Gasteiger charge is -2.08. The summed E-state index contributed by atoms with van der Waals surface area (Å²) < 4.78 is 31.2. The standard InChI is InChI=1S/C21H16F2N2O3/c1-28-17-9-6-15(7-10-17)24-20(26)13-2-4-14(5-3-13)21(27)25-16-8-11-18(22)19(23)12-16/h2-12H,1H3,(H,24,26)(H,25,27). The first-order valence-corrected chi connectivity index (χ1v) is 8.28. The first-order valence-electron chi connectivity index (χ1n) is 8.28. The van der Waals surface area contributed by atoms with Gasteiger partial charge < -0.3 is 15.4 Å². The van der Waals surface area contributed by atoms with Crippen molar-refractivity contribution in [2.45, 2.75) is 0 Å². The van der Waals surface area contributed by atoms with Crippen LogP contribution in [0.5, 0.6) is 5.75 Å². The molecule has 0 aliphatic heterocycles. The molecule has 3 aromatic carbocycles. The number of hydrogen-bond acceptors (Lipinski definition) is 3. The zero-order chi connectivity index (χ0) is 20.1. The highest BCUT2D eigenvalue weighted by Gasteiger charge is 2.11. The average molecular weight is 382 g/mol. The van der Waals surface area contributed by atoms with Gasteiger partial charge in [0.05, 0.1) is 7.11 Å². The largest absolute Gasteiger partial charge is 0.497 e. The Morgan fingerprint density at radius 1 is 0.714 bits per heavy atom. The van der Waals surface area contributed by atoms with Crippen LogP contribution in [-0.2, 0) is 0 Å². The summed E-state index contributed by atoms with van der Waals surface area (Å²) in [7, 11) is 1.55. The maximum absolute atomic E-state index is 13.2. The summed E-state index contributed by atoms with van der Waals surface area (Å²) in [5.41, 5.74) is 1.36. The number of carbonyl (C=O) groups is 2. The van der Waals surface area contributed by atoms with Crippen LogP contribution in [0.4, 0.5) is 20.2 Å². The van der Waals surface area contributed by atoms with Gasteiger partial charge in [0.15, 0.2) is 11.6 Å². The molecule has 0 radical (unpaired) electrons. The second kappa shape index (κ2) is 8.30. The molecule has 0 unspecified atom stereocenters. The molecule has 0 heterocycles. The molecule has 7 heteroatoms. The van der Waals surface area contributed by atoms with Crippen LogP contribution in [0.1, 0.15) is 20.7 Å². The summed E-state index contributed by atoms with van der Waals surface area (Å²) in [5, 5.41) is 5.20. The fraction of sp³-hybridized carbons (Fsp3) is 0.0476. The monoisotopic (exact) mass is 382 g/mol. The molecule has 0 fully saturated rings. The van der Waals surface area contributed by atoms with Crippen LogP contribution in [0.2, 0.25) is 0 Å². The molecular formula is C21H16F2N2O3. The molecule has 0 aliphatic rings. The van der Waals surface area contributed by atoms with Crippen LogP contribution in [0.25, 0.3) is 0 Å². The van der Waals surface area contributed by atoms with Gasteiger partial charge in [-0.1, -0.05) is 0 Å². The Morgan fingerprint density at radius 2 is 1.21 bits per heavy atom. The molecule has 0 atom stereocenters. The van der Waals surface area contributed by atoms with Gasteiger partial charge in [-0.15, -0.1) is 0 Å². The predicted molar refractivity (Wildman–Crippen MR) is 102 cm³/mol. The Bertz CT molecular complexity index is 1000. The van der Waals surface area contributed by atoms with E-state index in [0.717, 1.165) is 12.1 Å². The minimum Gasteiger partial charge on any atom is -0.497 e. The number of nitrogens with one attached hydrogen (secondary N) is 2. The van der Waals surface area contributed by atoms with Crippen molar-refractivity contribution in [1.29, 1.82) is 0 Å². The fourth-order valence-electron chi connectivity index (χ4n) is 2.43. The summed E-state index contributed by atoms with van der Waals surface area (Å²) in [6.45, 7) is 0. The van der Waals surface area contributed by atoms with Gasteiger partial charge >= 0.3 is 0 Å². The van der Waals surface area contributed by atoms with E-state index in [4.69, 9.17) is 4.74 Å². The lowest BCUT2D eigenvalue weighted by molar-refractivity contribution is 0.101. The van der Waals surface area contributed by atoms with E-state index in [0.29, 0.717) is 17.0 Å². The van der Waals surface area contributed by atoms with Gasteiger partial charge in [-0.2, -0.15) is 0 Å². The quantitative estimate of drug-likeness (QED) is 0.684. The smallest absolute Gasteiger partial charge is 0.255 e. The molecule has 0 saturated heterocycles. The first-order chi connectivity index (χ1) is 13.5. The first kappa shape index (κ1) is 19.0. The molecule has 142 valence electrons. The van der Waals surface area contributed by atoms with E-state index in [2.05, 4.69) is 10.6 Å². The minimum atomic E-state index is -1.05. The molecule has 0 saturated carbocycles. The summed E-state index contributed by atoms with van der Waals surface area (Å²) in [6, 6.07) is 15.9. The number of benzene rings is 3. The fourth-order valence-corrected chi connectivity index (χ4v) is 2.43. The normalized spacial score (nSPS) is 10.2. The zero-order valence-corrected chi connectivity index (χ0v) is 14.8. The molecule has 0 bridgehead atoms. The Morgan fingerprint density at radius 3 is 1.71 bits per heavy atom. The highest BCUT2D eigenvalue weighted by atomic mass is 19.2. The molecule has 0 aliphatic carbocycles. The number of methoxy groups -OCH3 is 1. The van der Waals surface area contributed by atoms with E-state index >= 15 is 0 Å². The average Bonchev–Trinajstić information content (AvgIpc) is 2.71. The van der Waals surface area contributed by atoms with Crippen LogP contribution in [0, 0.1) is 11.6 Å². The van der Waals surface area contributed by atoms with E-state index in [1.807, 2.05) is 0 Å². The minimum absolute atomic E-state index is 0.130. The number of rotatable bonds is 5. The number of anilines is 2. The van der Waals surface area contributed by atoms with Gasteiger partial charge in [-0.25, -0.2) is 8.78 Å². The van der Waals surface area contributed by atoms with Crippen molar-refractivity contribution < 1.29 is 23.1 Å². The third-order valence-corrected chi connectivity index (χ3v) is 3.93. The highest BCUT2D eigenvalue weighted by Crippen LogP contribution is 2.17. The van der Waals surface area contributed by atoms with Gasteiger partial charge in [0, 0.05) is 28.6 Å². The van der Waals surface area contributed by atoms with Crippen molar-refractivity contribution in [3.63, 3.8) is 0 Å². The van der Waals surface area contributed by atoms with Crippen LogP contribution in [0.15, 0.2) is 66.7 Å². The van der Waals surface area contributed by atoms with Crippen molar-refractivity contribution in [3.8, 4) is 5.75 Å². The van der Waals surface area contributed by atoms with E-state index in [1.165, 1.54) is 30.3 Å². The van der Waals surface area contributed by atoms with E-state index in [1.54, 1.807) is 31.4 Å². The lowest BCUT2D eigenvalue weighted by Crippen LogP contribution is -2.14. The Kier molecular flexibility index (Phi) is 5.64. The van der Waals surface area contributed by atoms with E-state index in [-0.39, 0.29) is 17.2 Å². The third-order valence-electron chi connectivity index (χ3n) is 3.93. The highest BCUT2D eigenvalue weighted by molar-refractivity contribution is 6.07. The van der Waals surface area contributed by atoms with Crippen LogP contribution in [0.3, 0.4) is 0 Å². The molecule has 2 amide bonds. The summed E-state index contributed by atoms with van der Waals surface area (Å²) in [4.78, 5) is 24.5. The summed E-state index contributed by atoms with van der Waals surface area (Å²) >= 11 is 0. The van der Waals surface area contributed by atoms with E-state index < -0.39 is 17.5 Å². The van der Waals surface area contributed by atoms with Gasteiger partial charge in [0.25, 0.3) is 11.8 Å². The van der Waals surface area contributed by atoms with E-state index in [9.17, 15) is 18.4 Å². The molecule has 28 heavy (non-hydrogen) atoms. The van der Waals surface area contributed by atoms with Crippen molar-refractivity contribution in [1.82, 2.24) is 0 Å². The van der Waals surface area contributed by atoms with Crippen molar-refractivity contribution in [2.75, 3.05) is 17.7 Å². The molecule has 0 spiro atoms. The van der Waals surface area contributed by atoms with Crippen molar-refractivity contribution in [2.24, 2.45) is 0 Å². The zero-order valence-electron chi connectivity index (χ0n) is 14.8. The number of ether oxygens (including phenoxy) is 1. The number of amides is 2. The SMILES string of the molecule is COc1ccc(NC(=O)c2ccc(C(=O)Nc3ccc(F)c(F)c3)cc2)cc1. The maximum Gasteiger partial charge on any atom is 0.255 e. The third kappa shape index (κ3) is 4.50. The van der Waals surface area contributed by atoms with Crippen molar-refractivity contribution in [3.05, 3.63) is 89.5 Å². The number of hydrogen-bond donors (Lipinski definition) is 2. The number of carbonyl (C=O) groups excluding carboxylic acids is 2. The second-order valence-corrected chi connectivity index (χ2v) is 5.84. The number of halogens is 2. The van der Waals surface area contributed by atoms with Gasteiger partial charge in [0.2, 0.25) is 0 Å². The predicted octanol–water partition coefficient (Wildman–Crippen LogP) is 4.48.